The van der Waals surface area contributed by atoms with Crippen molar-refractivity contribution in [3.05, 3.63) is 24.4 Å². The summed E-state index contributed by atoms with van der Waals surface area (Å²) in [4.78, 5) is 11.4. The average molecular weight is 234 g/mol. The molecule has 6 heteroatoms. The van der Waals surface area contributed by atoms with Gasteiger partial charge in [0.2, 0.25) is 0 Å². The van der Waals surface area contributed by atoms with E-state index in [0.717, 1.165) is 0 Å². The summed E-state index contributed by atoms with van der Waals surface area (Å²) in [5.41, 5.74) is 0.687. The molecule has 6 nitrogen and oxygen atoms in total. The summed E-state index contributed by atoms with van der Waals surface area (Å²) >= 11 is 0. The van der Waals surface area contributed by atoms with Gasteiger partial charge in [0.25, 0.3) is 5.91 Å². The van der Waals surface area contributed by atoms with Crippen LogP contribution in [0.25, 0.3) is 5.65 Å². The number of carbonyl (C=O) groups excluding carboxylic acids is 1. The molecule has 2 rings (SSSR count). The third-order valence-electron chi connectivity index (χ3n) is 2.06. The molecule has 0 saturated carbocycles. The minimum absolute atomic E-state index is 0.0616. The lowest BCUT2D eigenvalue weighted by Gasteiger charge is -2.08. The van der Waals surface area contributed by atoms with Gasteiger partial charge < -0.3 is 10.1 Å². The maximum atomic E-state index is 11.4. The van der Waals surface area contributed by atoms with Crippen LogP contribution in [-0.2, 0) is 4.79 Å². The van der Waals surface area contributed by atoms with Crippen molar-refractivity contribution in [3.8, 4) is 6.01 Å². The van der Waals surface area contributed by atoms with Gasteiger partial charge >= 0.3 is 6.01 Å². The predicted molar refractivity (Wildman–Crippen MR) is 61.8 cm³/mol. The van der Waals surface area contributed by atoms with Gasteiger partial charge in [-0.15, -0.1) is 5.10 Å². The number of fused-ring (bicyclic) bond motifs is 1. The number of amides is 1. The molecular formula is C11H14N4O2. The molecule has 2 aromatic rings. The van der Waals surface area contributed by atoms with E-state index in [4.69, 9.17) is 4.74 Å². The SMILES string of the molecule is CC(C)NC(=O)COc1nnc2ccccn12. The minimum Gasteiger partial charge on any atom is -0.453 e. The first-order valence-corrected chi connectivity index (χ1v) is 5.39. The fourth-order valence-corrected chi connectivity index (χ4v) is 1.41. The maximum Gasteiger partial charge on any atom is 0.322 e. The van der Waals surface area contributed by atoms with Gasteiger partial charge in [0.1, 0.15) is 0 Å². The largest absolute Gasteiger partial charge is 0.453 e. The Kier molecular flexibility index (Phi) is 3.22. The quantitative estimate of drug-likeness (QED) is 0.842. The number of ether oxygens (including phenoxy) is 1. The van der Waals surface area contributed by atoms with Gasteiger partial charge in [0, 0.05) is 12.2 Å². The summed E-state index contributed by atoms with van der Waals surface area (Å²) in [5, 5.41) is 10.5. The van der Waals surface area contributed by atoms with Crippen LogP contribution in [0.15, 0.2) is 24.4 Å². The van der Waals surface area contributed by atoms with Gasteiger partial charge in [-0.2, -0.15) is 0 Å². The summed E-state index contributed by atoms with van der Waals surface area (Å²) < 4.78 is 6.98. The second-order valence-corrected chi connectivity index (χ2v) is 3.92. The third kappa shape index (κ3) is 2.72. The smallest absolute Gasteiger partial charge is 0.322 e. The van der Waals surface area contributed by atoms with Gasteiger partial charge in [0.05, 0.1) is 0 Å². The van der Waals surface area contributed by atoms with Gasteiger partial charge in [-0.1, -0.05) is 11.2 Å². The summed E-state index contributed by atoms with van der Waals surface area (Å²) in [6, 6.07) is 5.94. The Bertz CT molecular complexity index is 521. The lowest BCUT2D eigenvalue weighted by atomic mass is 10.4. The Morgan fingerprint density at radius 3 is 3.06 bits per heavy atom. The van der Waals surface area contributed by atoms with E-state index in [1.165, 1.54) is 0 Å². The van der Waals surface area contributed by atoms with Gasteiger partial charge in [-0.05, 0) is 26.0 Å². The highest BCUT2D eigenvalue weighted by Crippen LogP contribution is 2.09. The zero-order chi connectivity index (χ0) is 12.3. The van der Waals surface area contributed by atoms with Crippen molar-refractivity contribution >= 4 is 11.6 Å². The van der Waals surface area contributed by atoms with E-state index in [2.05, 4.69) is 15.5 Å². The van der Waals surface area contributed by atoms with E-state index in [1.54, 1.807) is 10.6 Å². The number of hydrogen-bond donors (Lipinski definition) is 1. The van der Waals surface area contributed by atoms with Crippen LogP contribution in [-0.4, -0.2) is 33.2 Å². The van der Waals surface area contributed by atoms with Crippen molar-refractivity contribution < 1.29 is 9.53 Å². The fraction of sp³-hybridized carbons (Fsp3) is 0.364. The number of rotatable bonds is 4. The minimum atomic E-state index is -0.173. The number of hydrogen-bond acceptors (Lipinski definition) is 4. The highest BCUT2D eigenvalue weighted by molar-refractivity contribution is 5.77. The Hall–Kier alpha value is -2.11. The first-order valence-electron chi connectivity index (χ1n) is 5.39. The first kappa shape index (κ1) is 11.4. The standard InChI is InChI=1S/C11H14N4O2/c1-8(2)12-10(16)7-17-11-14-13-9-5-3-4-6-15(9)11/h3-6,8H,7H2,1-2H3,(H,12,16). The zero-order valence-corrected chi connectivity index (χ0v) is 9.75. The second kappa shape index (κ2) is 4.82. The van der Waals surface area contributed by atoms with E-state index >= 15 is 0 Å². The third-order valence-corrected chi connectivity index (χ3v) is 2.06. The van der Waals surface area contributed by atoms with Crippen molar-refractivity contribution in [1.29, 1.82) is 0 Å². The lowest BCUT2D eigenvalue weighted by Crippen LogP contribution is -2.34. The summed E-state index contributed by atoms with van der Waals surface area (Å²) in [5.74, 6) is -0.173. The lowest BCUT2D eigenvalue weighted by molar-refractivity contribution is -0.123. The molecule has 0 bridgehead atoms. The Morgan fingerprint density at radius 1 is 1.47 bits per heavy atom. The van der Waals surface area contributed by atoms with Crippen LogP contribution in [0.5, 0.6) is 6.01 Å². The van der Waals surface area contributed by atoms with Crippen molar-refractivity contribution in [3.63, 3.8) is 0 Å². The van der Waals surface area contributed by atoms with Crippen LogP contribution < -0.4 is 10.1 Å². The first-order chi connectivity index (χ1) is 8.16. The number of pyridine rings is 1. The molecule has 2 aromatic heterocycles. The monoisotopic (exact) mass is 234 g/mol. The zero-order valence-electron chi connectivity index (χ0n) is 9.75. The molecule has 0 fully saturated rings. The molecule has 0 saturated heterocycles. The molecular weight excluding hydrogens is 220 g/mol. The Morgan fingerprint density at radius 2 is 2.29 bits per heavy atom. The normalized spacial score (nSPS) is 10.8. The number of nitrogens with one attached hydrogen (secondary N) is 1. The molecule has 0 aromatic carbocycles. The molecule has 0 aliphatic rings. The summed E-state index contributed by atoms with van der Waals surface area (Å²) in [6.07, 6.45) is 1.78. The molecule has 0 unspecified atom stereocenters. The average Bonchev–Trinajstić information content (AvgIpc) is 2.69. The van der Waals surface area contributed by atoms with Crippen LogP contribution in [0.3, 0.4) is 0 Å². The van der Waals surface area contributed by atoms with Gasteiger partial charge in [0.15, 0.2) is 12.3 Å². The number of nitrogens with zero attached hydrogens (tertiary/aromatic N) is 3. The molecule has 2 heterocycles. The molecule has 17 heavy (non-hydrogen) atoms. The van der Waals surface area contributed by atoms with Crippen LogP contribution in [0.1, 0.15) is 13.8 Å². The molecule has 0 aliphatic heterocycles. The highest BCUT2D eigenvalue weighted by atomic mass is 16.5. The Labute approximate surface area is 98.6 Å². The Balaban J connectivity index is 2.02. The van der Waals surface area contributed by atoms with Crippen LogP contribution in [0, 0.1) is 0 Å². The molecule has 0 spiro atoms. The van der Waals surface area contributed by atoms with Crippen molar-refractivity contribution in [2.75, 3.05) is 6.61 Å². The van der Waals surface area contributed by atoms with Crippen molar-refractivity contribution in [1.82, 2.24) is 19.9 Å². The van der Waals surface area contributed by atoms with E-state index in [9.17, 15) is 4.79 Å². The number of carbonyl (C=O) groups is 1. The number of aromatic nitrogens is 3. The van der Waals surface area contributed by atoms with E-state index < -0.39 is 0 Å². The second-order valence-electron chi connectivity index (χ2n) is 3.92. The van der Waals surface area contributed by atoms with E-state index in [1.807, 2.05) is 32.0 Å². The molecule has 1 amide bonds. The fourth-order valence-electron chi connectivity index (χ4n) is 1.41. The maximum absolute atomic E-state index is 11.4. The molecule has 0 atom stereocenters. The van der Waals surface area contributed by atoms with Gasteiger partial charge in [-0.25, -0.2) is 0 Å². The van der Waals surface area contributed by atoms with Crippen molar-refractivity contribution in [2.45, 2.75) is 19.9 Å². The van der Waals surface area contributed by atoms with Crippen LogP contribution in [0.4, 0.5) is 0 Å². The molecule has 1 N–H and O–H groups in total. The summed E-state index contributed by atoms with van der Waals surface area (Å²) in [6.45, 7) is 3.72. The van der Waals surface area contributed by atoms with Crippen molar-refractivity contribution in [2.24, 2.45) is 0 Å². The van der Waals surface area contributed by atoms with E-state index in [-0.39, 0.29) is 18.6 Å². The van der Waals surface area contributed by atoms with E-state index in [0.29, 0.717) is 11.7 Å². The van der Waals surface area contributed by atoms with Crippen LogP contribution in [0.2, 0.25) is 0 Å². The van der Waals surface area contributed by atoms with Crippen LogP contribution >= 0.6 is 0 Å². The molecule has 90 valence electrons. The molecule has 0 radical (unpaired) electrons. The predicted octanol–water partition coefficient (Wildman–Crippen LogP) is 0.633. The van der Waals surface area contributed by atoms with Gasteiger partial charge in [-0.3, -0.25) is 9.20 Å². The highest BCUT2D eigenvalue weighted by Gasteiger charge is 2.08. The topological polar surface area (TPSA) is 68.5 Å². The summed E-state index contributed by atoms with van der Waals surface area (Å²) in [7, 11) is 0. The molecule has 0 aliphatic carbocycles.